The first-order chi connectivity index (χ1) is 7.52. The second-order valence-electron chi connectivity index (χ2n) is 2.80. The molecule has 84 valence electrons. The first kappa shape index (κ1) is 12.0. The van der Waals surface area contributed by atoms with E-state index < -0.39 is 29.3 Å². The number of rotatable bonds is 2. The highest BCUT2D eigenvalue weighted by molar-refractivity contribution is 5.92. The number of carbonyl (C=O) groups is 1. The van der Waals surface area contributed by atoms with Gasteiger partial charge in [-0.15, -0.1) is 0 Å². The van der Waals surface area contributed by atoms with Crippen molar-refractivity contribution in [3.05, 3.63) is 34.6 Å². The lowest BCUT2D eigenvalue weighted by atomic mass is 10.0. The normalized spacial score (nSPS) is 10.0. The Morgan fingerprint density at radius 3 is 2.56 bits per heavy atom. The Labute approximate surface area is 89.1 Å². The van der Waals surface area contributed by atoms with Crippen molar-refractivity contribution in [2.75, 3.05) is 7.11 Å². The summed E-state index contributed by atoms with van der Waals surface area (Å²) in [4.78, 5) is 11.1. The molecule has 0 atom stereocenters. The first-order valence-corrected chi connectivity index (χ1v) is 4.11. The van der Waals surface area contributed by atoms with E-state index >= 15 is 0 Å². The molecule has 0 heterocycles. The molecular formula is C10H6F3NO2. The molecule has 3 nitrogen and oxygen atoms in total. The van der Waals surface area contributed by atoms with Crippen LogP contribution in [-0.4, -0.2) is 13.1 Å². The maximum Gasteiger partial charge on any atom is 0.339 e. The van der Waals surface area contributed by atoms with Crippen LogP contribution in [0.25, 0.3) is 0 Å². The minimum Gasteiger partial charge on any atom is -0.465 e. The third kappa shape index (κ3) is 1.98. The first-order valence-electron chi connectivity index (χ1n) is 4.11. The van der Waals surface area contributed by atoms with Gasteiger partial charge in [-0.25, -0.2) is 18.0 Å². The molecule has 0 aliphatic carbocycles. The Bertz CT molecular complexity index is 466. The molecule has 0 fully saturated rings. The zero-order chi connectivity index (χ0) is 12.3. The fourth-order valence-corrected chi connectivity index (χ4v) is 1.15. The van der Waals surface area contributed by atoms with Crippen LogP contribution in [0.3, 0.4) is 0 Å². The van der Waals surface area contributed by atoms with Crippen molar-refractivity contribution in [1.82, 2.24) is 0 Å². The summed E-state index contributed by atoms with van der Waals surface area (Å²) < 4.78 is 42.2. The Hall–Kier alpha value is -2.03. The topological polar surface area (TPSA) is 50.1 Å². The molecule has 0 bridgehead atoms. The molecule has 1 rings (SSSR count). The average molecular weight is 229 g/mol. The van der Waals surface area contributed by atoms with Gasteiger partial charge >= 0.3 is 5.97 Å². The molecule has 1 aromatic carbocycles. The highest BCUT2D eigenvalue weighted by Crippen LogP contribution is 2.26. The lowest BCUT2D eigenvalue weighted by molar-refractivity contribution is 0.0599. The van der Waals surface area contributed by atoms with Crippen molar-refractivity contribution in [1.29, 1.82) is 5.26 Å². The van der Waals surface area contributed by atoms with Gasteiger partial charge in [-0.2, -0.15) is 5.26 Å². The van der Waals surface area contributed by atoms with Crippen LogP contribution in [0.2, 0.25) is 0 Å². The van der Waals surface area contributed by atoms with Crippen molar-refractivity contribution in [3.63, 3.8) is 0 Å². The Morgan fingerprint density at radius 1 is 1.50 bits per heavy atom. The Kier molecular flexibility index (Phi) is 3.51. The van der Waals surface area contributed by atoms with Crippen molar-refractivity contribution in [3.8, 4) is 6.07 Å². The van der Waals surface area contributed by atoms with Gasteiger partial charge in [0.25, 0.3) is 6.43 Å². The van der Waals surface area contributed by atoms with Gasteiger partial charge in [-0.1, -0.05) is 0 Å². The van der Waals surface area contributed by atoms with Crippen molar-refractivity contribution >= 4 is 5.97 Å². The number of nitrogens with zero attached hydrogens (tertiary/aromatic N) is 1. The monoisotopic (exact) mass is 229 g/mol. The van der Waals surface area contributed by atoms with Crippen molar-refractivity contribution < 1.29 is 22.7 Å². The fourth-order valence-electron chi connectivity index (χ4n) is 1.15. The van der Waals surface area contributed by atoms with Crippen LogP contribution in [-0.2, 0) is 4.74 Å². The van der Waals surface area contributed by atoms with E-state index in [1.165, 1.54) is 6.07 Å². The van der Waals surface area contributed by atoms with Gasteiger partial charge in [0.2, 0.25) is 0 Å². The number of hydrogen-bond donors (Lipinski definition) is 0. The molecule has 1 aromatic rings. The molecule has 0 saturated heterocycles. The summed E-state index contributed by atoms with van der Waals surface area (Å²) in [6.45, 7) is 0. The van der Waals surface area contributed by atoms with E-state index in [1.807, 2.05) is 0 Å². The third-order valence-corrected chi connectivity index (χ3v) is 1.92. The summed E-state index contributed by atoms with van der Waals surface area (Å²) in [7, 11) is 1.04. The summed E-state index contributed by atoms with van der Waals surface area (Å²) in [5.74, 6) is -2.34. The molecule has 0 aliphatic heterocycles. The van der Waals surface area contributed by atoms with Crippen LogP contribution < -0.4 is 0 Å². The van der Waals surface area contributed by atoms with E-state index in [2.05, 4.69) is 4.74 Å². The second-order valence-corrected chi connectivity index (χ2v) is 2.80. The number of carbonyl (C=O) groups excluding carboxylic acids is 1. The number of benzene rings is 1. The third-order valence-electron chi connectivity index (χ3n) is 1.92. The van der Waals surface area contributed by atoms with Crippen LogP contribution in [0, 0.1) is 17.1 Å². The highest BCUT2D eigenvalue weighted by Gasteiger charge is 2.22. The Balaban J connectivity index is 3.42. The number of alkyl halides is 2. The molecule has 6 heteroatoms. The number of methoxy groups -OCH3 is 1. The maximum atomic E-state index is 13.4. The summed E-state index contributed by atoms with van der Waals surface area (Å²) in [5.41, 5.74) is -2.01. The standard InChI is InChI=1S/C10H6F3NO2/c1-16-10(15)5-2-3-6(9(12)13)8(11)7(5)4-14/h2-3,9H,1H3. The second kappa shape index (κ2) is 4.66. The predicted molar refractivity (Wildman–Crippen MR) is 47.4 cm³/mol. The molecule has 0 saturated carbocycles. The van der Waals surface area contributed by atoms with E-state index in [4.69, 9.17) is 5.26 Å². The van der Waals surface area contributed by atoms with E-state index in [1.54, 1.807) is 0 Å². The van der Waals surface area contributed by atoms with Gasteiger partial charge in [0.1, 0.15) is 11.6 Å². The number of esters is 1. The van der Waals surface area contributed by atoms with Crippen molar-refractivity contribution in [2.45, 2.75) is 6.43 Å². The predicted octanol–water partition coefficient (Wildman–Crippen LogP) is 2.42. The molecule has 0 N–H and O–H groups in total. The van der Waals surface area contributed by atoms with Gasteiger partial charge in [0.05, 0.1) is 18.2 Å². The zero-order valence-electron chi connectivity index (χ0n) is 8.13. The Morgan fingerprint density at radius 2 is 2.12 bits per heavy atom. The van der Waals surface area contributed by atoms with Crippen molar-refractivity contribution in [2.24, 2.45) is 0 Å². The number of ether oxygens (including phenoxy) is 1. The largest absolute Gasteiger partial charge is 0.465 e. The lowest BCUT2D eigenvalue weighted by Crippen LogP contribution is -2.07. The average Bonchev–Trinajstić information content (AvgIpc) is 2.26. The number of hydrogen-bond acceptors (Lipinski definition) is 3. The molecule has 0 unspecified atom stereocenters. The molecule has 0 aromatic heterocycles. The quantitative estimate of drug-likeness (QED) is 0.731. The number of nitriles is 1. The van der Waals surface area contributed by atoms with E-state index in [0.29, 0.717) is 0 Å². The molecule has 0 amide bonds. The minimum atomic E-state index is -3.04. The van der Waals surface area contributed by atoms with Gasteiger partial charge in [-0.3, -0.25) is 0 Å². The molecule has 0 radical (unpaired) electrons. The molecule has 0 aliphatic rings. The zero-order valence-corrected chi connectivity index (χ0v) is 8.13. The summed E-state index contributed by atoms with van der Waals surface area (Å²) in [6, 6.07) is 3.06. The van der Waals surface area contributed by atoms with Crippen LogP contribution in [0.15, 0.2) is 12.1 Å². The van der Waals surface area contributed by atoms with Gasteiger partial charge in [0.15, 0.2) is 5.82 Å². The van der Waals surface area contributed by atoms with Crippen LogP contribution in [0.5, 0.6) is 0 Å². The molecule has 16 heavy (non-hydrogen) atoms. The van der Waals surface area contributed by atoms with Crippen LogP contribution >= 0.6 is 0 Å². The van der Waals surface area contributed by atoms with Crippen LogP contribution in [0.1, 0.15) is 27.9 Å². The number of halogens is 3. The maximum absolute atomic E-state index is 13.4. The summed E-state index contributed by atoms with van der Waals surface area (Å²) in [5, 5.41) is 8.61. The summed E-state index contributed by atoms with van der Waals surface area (Å²) >= 11 is 0. The summed E-state index contributed by atoms with van der Waals surface area (Å²) in [6.07, 6.45) is -3.04. The van der Waals surface area contributed by atoms with Gasteiger partial charge < -0.3 is 4.74 Å². The van der Waals surface area contributed by atoms with E-state index in [9.17, 15) is 18.0 Å². The van der Waals surface area contributed by atoms with Gasteiger partial charge in [-0.05, 0) is 12.1 Å². The SMILES string of the molecule is COC(=O)c1ccc(C(F)F)c(F)c1C#N. The van der Waals surface area contributed by atoms with E-state index in [0.717, 1.165) is 19.2 Å². The fraction of sp³-hybridized carbons (Fsp3) is 0.200. The minimum absolute atomic E-state index is 0.369. The lowest BCUT2D eigenvalue weighted by Gasteiger charge is -2.06. The van der Waals surface area contributed by atoms with Crippen LogP contribution in [0.4, 0.5) is 13.2 Å². The van der Waals surface area contributed by atoms with Gasteiger partial charge in [0, 0.05) is 0 Å². The highest BCUT2D eigenvalue weighted by atomic mass is 19.3. The smallest absolute Gasteiger partial charge is 0.339 e. The van der Waals surface area contributed by atoms with E-state index in [-0.39, 0.29) is 5.56 Å². The molecule has 0 spiro atoms. The molecular weight excluding hydrogens is 223 g/mol.